The standard InChI is InChI=1S/C56H41N3O/c1-59-51-33-32-45(35-48(51)53-47-22-11-12-23-52(47)60-55(53)54(59)42-18-9-4-10-19-42)44-20-13-21-46(34-44)50-36-49(41-28-24-39(25-29-41)37-14-5-2-6-15-37)57-56(58-50)43-30-26-40(27-31-43)38-16-7-3-8-17-38/h2-14,16-37,54H,15H2,1H3. The lowest BCUT2D eigenvalue weighted by atomic mass is 9.87. The number of allylic oxidation sites excluding steroid dienone is 4. The predicted molar refractivity (Wildman–Crippen MR) is 247 cm³/mol. The van der Waals surface area contributed by atoms with E-state index >= 15 is 0 Å². The van der Waals surface area contributed by atoms with Crippen molar-refractivity contribution in [1.29, 1.82) is 0 Å². The summed E-state index contributed by atoms with van der Waals surface area (Å²) in [5.74, 6) is 2.06. The molecule has 2 aliphatic rings. The summed E-state index contributed by atoms with van der Waals surface area (Å²) < 4.78 is 6.71. The van der Waals surface area contributed by atoms with Crippen molar-refractivity contribution < 1.29 is 4.42 Å². The van der Waals surface area contributed by atoms with Crippen molar-refractivity contribution in [3.8, 4) is 67.3 Å². The lowest BCUT2D eigenvalue weighted by Gasteiger charge is -2.35. The summed E-state index contributed by atoms with van der Waals surface area (Å²) in [6.07, 6.45) is 9.79. The van der Waals surface area contributed by atoms with Gasteiger partial charge in [0.05, 0.1) is 11.4 Å². The van der Waals surface area contributed by atoms with Crippen molar-refractivity contribution in [2.45, 2.75) is 18.4 Å². The minimum Gasteiger partial charge on any atom is -0.458 e. The van der Waals surface area contributed by atoms with Crippen LogP contribution in [0.25, 0.3) is 78.3 Å². The molecule has 0 spiro atoms. The molecule has 0 saturated heterocycles. The second-order valence-corrected chi connectivity index (χ2v) is 15.8. The fraction of sp³-hybridized carbons (Fsp3) is 0.0714. The van der Waals surface area contributed by atoms with Crippen LogP contribution in [0.2, 0.25) is 0 Å². The third-order valence-electron chi connectivity index (χ3n) is 12.1. The Morgan fingerprint density at radius 1 is 0.517 bits per heavy atom. The summed E-state index contributed by atoms with van der Waals surface area (Å²) in [6, 6.07) is 64.7. The van der Waals surface area contributed by atoms with Crippen LogP contribution in [0.5, 0.6) is 0 Å². The van der Waals surface area contributed by atoms with E-state index in [1.165, 1.54) is 27.9 Å². The van der Waals surface area contributed by atoms with Crippen molar-refractivity contribution in [3.05, 3.63) is 223 Å². The van der Waals surface area contributed by atoms with Crippen LogP contribution in [-0.2, 0) is 0 Å². The fourth-order valence-electron chi connectivity index (χ4n) is 8.98. The van der Waals surface area contributed by atoms with Gasteiger partial charge in [-0.2, -0.15) is 0 Å². The molecule has 1 aliphatic carbocycles. The average molecular weight is 772 g/mol. The van der Waals surface area contributed by atoms with Gasteiger partial charge in [0, 0.05) is 51.9 Å². The van der Waals surface area contributed by atoms with Crippen molar-refractivity contribution in [2.75, 3.05) is 11.9 Å². The van der Waals surface area contributed by atoms with Gasteiger partial charge in [0.2, 0.25) is 0 Å². The molecule has 2 atom stereocenters. The summed E-state index contributed by atoms with van der Waals surface area (Å²) in [4.78, 5) is 12.8. The number of rotatable bonds is 7. The monoisotopic (exact) mass is 771 g/mol. The molecule has 9 aromatic rings. The zero-order chi connectivity index (χ0) is 40.0. The summed E-state index contributed by atoms with van der Waals surface area (Å²) in [5.41, 5.74) is 16.3. The van der Waals surface area contributed by atoms with Crippen LogP contribution < -0.4 is 4.90 Å². The first-order chi connectivity index (χ1) is 29.6. The molecule has 60 heavy (non-hydrogen) atoms. The van der Waals surface area contributed by atoms with Crippen molar-refractivity contribution in [1.82, 2.24) is 9.97 Å². The molecule has 2 unspecified atom stereocenters. The number of nitrogens with zero attached hydrogens (tertiary/aromatic N) is 3. The maximum absolute atomic E-state index is 6.71. The number of benzene rings is 7. The predicted octanol–water partition coefficient (Wildman–Crippen LogP) is 14.4. The number of para-hydroxylation sites is 1. The van der Waals surface area contributed by atoms with Gasteiger partial charge in [-0.3, -0.25) is 0 Å². The minimum absolute atomic E-state index is 0.0385. The van der Waals surface area contributed by atoms with Gasteiger partial charge in [-0.15, -0.1) is 0 Å². The molecule has 0 radical (unpaired) electrons. The maximum atomic E-state index is 6.71. The second kappa shape index (κ2) is 15.0. The van der Waals surface area contributed by atoms with E-state index in [1.807, 2.05) is 12.1 Å². The van der Waals surface area contributed by atoms with Crippen LogP contribution in [0.1, 0.15) is 35.3 Å². The van der Waals surface area contributed by atoms with Crippen LogP contribution in [0.3, 0.4) is 0 Å². The molecule has 0 N–H and O–H groups in total. The molecule has 0 saturated carbocycles. The maximum Gasteiger partial charge on any atom is 0.160 e. The lowest BCUT2D eigenvalue weighted by Crippen LogP contribution is -2.28. The van der Waals surface area contributed by atoms with Crippen LogP contribution in [0, 0.1) is 0 Å². The first-order valence-electron chi connectivity index (χ1n) is 20.7. The molecule has 4 heteroatoms. The minimum atomic E-state index is -0.0385. The Hall–Kier alpha value is -7.56. The highest BCUT2D eigenvalue weighted by Crippen LogP contribution is 2.51. The van der Waals surface area contributed by atoms with Crippen molar-refractivity contribution >= 4 is 16.7 Å². The average Bonchev–Trinajstić information content (AvgIpc) is 3.72. The van der Waals surface area contributed by atoms with Gasteiger partial charge in [-0.05, 0) is 70.1 Å². The number of anilines is 1. The van der Waals surface area contributed by atoms with Crippen LogP contribution in [0.15, 0.2) is 211 Å². The van der Waals surface area contributed by atoms with Crippen LogP contribution in [0.4, 0.5) is 5.69 Å². The highest BCUT2D eigenvalue weighted by atomic mass is 16.3. The van der Waals surface area contributed by atoms with Crippen molar-refractivity contribution in [2.24, 2.45) is 0 Å². The van der Waals surface area contributed by atoms with E-state index in [2.05, 4.69) is 206 Å². The summed E-state index contributed by atoms with van der Waals surface area (Å²) in [5, 5.41) is 1.13. The van der Waals surface area contributed by atoms with Crippen LogP contribution in [-0.4, -0.2) is 17.0 Å². The molecule has 0 amide bonds. The number of hydrogen-bond donors (Lipinski definition) is 0. The zero-order valence-corrected chi connectivity index (χ0v) is 33.2. The third-order valence-corrected chi connectivity index (χ3v) is 12.1. The molecule has 0 bridgehead atoms. The quantitative estimate of drug-likeness (QED) is 0.162. The van der Waals surface area contributed by atoms with Gasteiger partial charge in [-0.25, -0.2) is 9.97 Å². The van der Waals surface area contributed by atoms with E-state index in [1.54, 1.807) is 0 Å². The van der Waals surface area contributed by atoms with Gasteiger partial charge in [-0.1, -0.05) is 176 Å². The largest absolute Gasteiger partial charge is 0.458 e. The third kappa shape index (κ3) is 6.43. The highest BCUT2D eigenvalue weighted by molar-refractivity contribution is 6.02. The van der Waals surface area contributed by atoms with Gasteiger partial charge in [0.15, 0.2) is 5.82 Å². The number of furan rings is 1. The highest BCUT2D eigenvalue weighted by Gasteiger charge is 2.35. The Morgan fingerprint density at radius 2 is 1.15 bits per heavy atom. The van der Waals surface area contributed by atoms with Gasteiger partial charge in [0.1, 0.15) is 17.4 Å². The van der Waals surface area contributed by atoms with E-state index in [4.69, 9.17) is 14.4 Å². The van der Waals surface area contributed by atoms with Crippen LogP contribution >= 0.6 is 0 Å². The topological polar surface area (TPSA) is 42.2 Å². The van der Waals surface area contributed by atoms with E-state index in [-0.39, 0.29) is 6.04 Å². The molecule has 2 aromatic heterocycles. The zero-order valence-electron chi connectivity index (χ0n) is 33.2. The van der Waals surface area contributed by atoms with E-state index in [0.29, 0.717) is 11.7 Å². The van der Waals surface area contributed by atoms with Gasteiger partial charge in [0.25, 0.3) is 0 Å². The fourth-order valence-corrected chi connectivity index (χ4v) is 8.98. The van der Waals surface area contributed by atoms with E-state index in [0.717, 1.165) is 73.5 Å². The molecule has 4 nitrogen and oxygen atoms in total. The van der Waals surface area contributed by atoms with Crippen molar-refractivity contribution in [3.63, 3.8) is 0 Å². The normalized spacial score (nSPS) is 15.5. The number of fused-ring (bicyclic) bond motifs is 5. The Labute approximate surface area is 350 Å². The SMILES string of the molecule is CN1c2ccc(-c3cccc(-c4cc(-c5ccc(C6C=CC=CC6)cc5)nc(-c5ccc(-c6ccccc6)cc5)n4)c3)cc2-c2c(oc3ccccc23)C1c1ccccc1. The molecule has 1 aliphatic heterocycles. The Kier molecular flexibility index (Phi) is 8.89. The van der Waals surface area contributed by atoms with Gasteiger partial charge >= 0.3 is 0 Å². The molecule has 0 fully saturated rings. The Balaban J connectivity index is 1.00. The molecule has 286 valence electrons. The Bertz CT molecular complexity index is 3070. The molecule has 11 rings (SSSR count). The number of aromatic nitrogens is 2. The van der Waals surface area contributed by atoms with E-state index < -0.39 is 0 Å². The molecular weight excluding hydrogens is 731 g/mol. The number of hydrogen-bond acceptors (Lipinski definition) is 4. The summed E-state index contributed by atoms with van der Waals surface area (Å²) >= 11 is 0. The van der Waals surface area contributed by atoms with Gasteiger partial charge < -0.3 is 9.32 Å². The smallest absolute Gasteiger partial charge is 0.160 e. The summed E-state index contributed by atoms with van der Waals surface area (Å²) in [7, 11) is 2.17. The Morgan fingerprint density at radius 3 is 1.93 bits per heavy atom. The van der Waals surface area contributed by atoms with E-state index in [9.17, 15) is 0 Å². The second-order valence-electron chi connectivity index (χ2n) is 15.8. The molecule has 7 aromatic carbocycles. The first-order valence-corrected chi connectivity index (χ1v) is 20.7. The first kappa shape index (κ1) is 35.6. The molecular formula is C56H41N3O. The molecule has 3 heterocycles. The lowest BCUT2D eigenvalue weighted by molar-refractivity contribution is 0.514. The summed E-state index contributed by atoms with van der Waals surface area (Å²) in [6.45, 7) is 0.